The smallest absolute Gasteiger partial charge is 0.256 e. The number of rotatable bonds is 5. The number of aliphatic imine (C=N–C) groups is 1. The third kappa shape index (κ3) is 4.09. The van der Waals surface area contributed by atoms with Crippen molar-refractivity contribution in [3.63, 3.8) is 0 Å². The molecular weight excluding hydrogens is 278 g/mol. The predicted molar refractivity (Wildman–Crippen MR) is 86.7 cm³/mol. The van der Waals surface area contributed by atoms with Crippen LogP contribution in [0, 0.1) is 0 Å². The van der Waals surface area contributed by atoms with E-state index in [9.17, 15) is 4.79 Å². The van der Waals surface area contributed by atoms with Gasteiger partial charge in [0.25, 0.3) is 5.91 Å². The second kappa shape index (κ2) is 7.26. The highest BCUT2D eigenvalue weighted by atomic mass is 16.5. The molecule has 4 N–H and O–H groups in total. The minimum absolute atomic E-state index is 0.225. The summed E-state index contributed by atoms with van der Waals surface area (Å²) in [6, 6.07) is 17.1. The molecular formula is C17H19N3O2. The molecule has 0 aliphatic carbocycles. The third-order valence-electron chi connectivity index (χ3n) is 3.31. The highest BCUT2D eigenvalue weighted by Crippen LogP contribution is 2.24. The molecule has 0 heterocycles. The van der Waals surface area contributed by atoms with Crippen molar-refractivity contribution < 1.29 is 9.53 Å². The Morgan fingerprint density at radius 1 is 1.14 bits per heavy atom. The van der Waals surface area contributed by atoms with Gasteiger partial charge in [0.15, 0.2) is 5.96 Å². The van der Waals surface area contributed by atoms with E-state index in [1.165, 1.54) is 0 Å². The number of ether oxygens (including phenoxy) is 1. The summed E-state index contributed by atoms with van der Waals surface area (Å²) in [4.78, 5) is 16.0. The number of nitrogens with zero attached hydrogens (tertiary/aromatic N) is 1. The number of methoxy groups -OCH3 is 1. The molecule has 114 valence electrons. The van der Waals surface area contributed by atoms with Crippen molar-refractivity contribution in [2.75, 3.05) is 7.11 Å². The van der Waals surface area contributed by atoms with E-state index in [1.54, 1.807) is 7.11 Å². The zero-order valence-electron chi connectivity index (χ0n) is 12.4. The van der Waals surface area contributed by atoms with Gasteiger partial charge in [-0.05, 0) is 29.7 Å². The van der Waals surface area contributed by atoms with E-state index < -0.39 is 5.92 Å². The average molecular weight is 297 g/mol. The first-order valence-electron chi connectivity index (χ1n) is 6.91. The molecule has 0 radical (unpaired) electrons. The number of amides is 1. The monoisotopic (exact) mass is 297 g/mol. The molecule has 22 heavy (non-hydrogen) atoms. The van der Waals surface area contributed by atoms with Gasteiger partial charge < -0.3 is 16.2 Å². The lowest BCUT2D eigenvalue weighted by atomic mass is 9.91. The Bertz CT molecular complexity index is 665. The lowest BCUT2D eigenvalue weighted by molar-refractivity contribution is -0.119. The Morgan fingerprint density at radius 3 is 2.50 bits per heavy atom. The van der Waals surface area contributed by atoms with Crippen LogP contribution in [0.25, 0.3) is 0 Å². The molecule has 1 atom stereocenters. The van der Waals surface area contributed by atoms with Gasteiger partial charge in [-0.3, -0.25) is 4.79 Å². The van der Waals surface area contributed by atoms with Crippen molar-refractivity contribution in [1.82, 2.24) is 0 Å². The van der Waals surface area contributed by atoms with Gasteiger partial charge in [-0.15, -0.1) is 0 Å². The molecule has 2 aromatic rings. The minimum Gasteiger partial charge on any atom is -0.497 e. The number of hydrogen-bond acceptors (Lipinski definition) is 2. The summed E-state index contributed by atoms with van der Waals surface area (Å²) in [6.07, 6.45) is 0.497. The van der Waals surface area contributed by atoms with Crippen LogP contribution in [0.2, 0.25) is 0 Å². The predicted octanol–water partition coefficient (Wildman–Crippen LogP) is 1.82. The maximum Gasteiger partial charge on any atom is 0.256 e. The molecule has 1 unspecified atom stereocenters. The van der Waals surface area contributed by atoms with Gasteiger partial charge in [0, 0.05) is 0 Å². The highest BCUT2D eigenvalue weighted by molar-refractivity contribution is 5.95. The number of carbonyl (C=O) groups excluding carboxylic acids is 1. The van der Waals surface area contributed by atoms with Crippen molar-refractivity contribution in [1.29, 1.82) is 0 Å². The van der Waals surface area contributed by atoms with Crippen LogP contribution >= 0.6 is 0 Å². The summed E-state index contributed by atoms with van der Waals surface area (Å²) in [6.45, 7) is 0. The van der Waals surface area contributed by atoms with Crippen molar-refractivity contribution >= 4 is 11.9 Å². The number of carbonyl (C=O) groups is 1. The Balaban J connectivity index is 2.32. The Morgan fingerprint density at radius 2 is 1.86 bits per heavy atom. The topological polar surface area (TPSA) is 90.7 Å². The van der Waals surface area contributed by atoms with Gasteiger partial charge in [-0.25, -0.2) is 0 Å². The van der Waals surface area contributed by atoms with E-state index in [1.807, 2.05) is 54.6 Å². The molecule has 0 spiro atoms. The van der Waals surface area contributed by atoms with E-state index >= 15 is 0 Å². The Kier molecular flexibility index (Phi) is 5.14. The summed E-state index contributed by atoms with van der Waals surface area (Å²) in [5.74, 6) is -0.264. The number of nitrogens with two attached hydrogens (primary N) is 2. The molecule has 0 saturated heterocycles. The summed E-state index contributed by atoms with van der Waals surface area (Å²) in [7, 11) is 1.61. The lowest BCUT2D eigenvalue weighted by Crippen LogP contribution is -2.26. The van der Waals surface area contributed by atoms with E-state index in [0.717, 1.165) is 16.9 Å². The van der Waals surface area contributed by atoms with Crippen LogP contribution in [-0.4, -0.2) is 19.0 Å². The Hall–Kier alpha value is -2.82. The molecule has 0 aromatic heterocycles. The first-order valence-corrected chi connectivity index (χ1v) is 6.91. The normalized spacial score (nSPS) is 11.5. The average Bonchev–Trinajstić information content (AvgIpc) is 2.53. The fourth-order valence-electron chi connectivity index (χ4n) is 2.27. The van der Waals surface area contributed by atoms with Gasteiger partial charge in [0.05, 0.1) is 13.0 Å². The maximum atomic E-state index is 12.3. The van der Waals surface area contributed by atoms with E-state index in [-0.39, 0.29) is 11.9 Å². The van der Waals surface area contributed by atoms with Gasteiger partial charge in [-0.2, -0.15) is 4.99 Å². The molecule has 2 aromatic carbocycles. The molecule has 0 aliphatic heterocycles. The molecule has 5 heteroatoms. The van der Waals surface area contributed by atoms with Crippen molar-refractivity contribution in [2.45, 2.75) is 12.3 Å². The van der Waals surface area contributed by atoms with Crippen LogP contribution < -0.4 is 16.2 Å². The van der Waals surface area contributed by atoms with Crippen LogP contribution in [0.4, 0.5) is 0 Å². The molecule has 0 fully saturated rings. The maximum absolute atomic E-state index is 12.3. The molecule has 2 rings (SSSR count). The van der Waals surface area contributed by atoms with Crippen molar-refractivity contribution in [2.24, 2.45) is 16.5 Å². The second-order valence-electron chi connectivity index (χ2n) is 4.89. The molecule has 0 aliphatic rings. The fourth-order valence-corrected chi connectivity index (χ4v) is 2.27. The lowest BCUT2D eigenvalue weighted by Gasteiger charge is -2.14. The molecule has 0 bridgehead atoms. The fraction of sp³-hybridized carbons (Fsp3) is 0.176. The summed E-state index contributed by atoms with van der Waals surface area (Å²) < 4.78 is 5.21. The van der Waals surface area contributed by atoms with Crippen LogP contribution in [0.1, 0.15) is 17.0 Å². The minimum atomic E-state index is -0.435. The van der Waals surface area contributed by atoms with Crippen LogP contribution in [0.15, 0.2) is 59.6 Å². The van der Waals surface area contributed by atoms with Crippen molar-refractivity contribution in [3.05, 3.63) is 65.7 Å². The first-order chi connectivity index (χ1) is 10.6. The van der Waals surface area contributed by atoms with Gasteiger partial charge in [0.1, 0.15) is 5.75 Å². The zero-order valence-corrected chi connectivity index (χ0v) is 12.4. The van der Waals surface area contributed by atoms with E-state index in [0.29, 0.717) is 6.42 Å². The molecule has 5 nitrogen and oxygen atoms in total. The second-order valence-corrected chi connectivity index (χ2v) is 4.89. The molecule has 0 saturated carbocycles. The summed E-state index contributed by atoms with van der Waals surface area (Å²) in [5, 5.41) is 0. The van der Waals surface area contributed by atoms with Gasteiger partial charge in [0.2, 0.25) is 0 Å². The first kappa shape index (κ1) is 15.6. The number of benzene rings is 2. The Labute approximate surface area is 129 Å². The largest absolute Gasteiger partial charge is 0.497 e. The van der Waals surface area contributed by atoms with Crippen LogP contribution in [0.5, 0.6) is 5.75 Å². The van der Waals surface area contributed by atoms with Gasteiger partial charge >= 0.3 is 0 Å². The highest BCUT2D eigenvalue weighted by Gasteiger charge is 2.21. The van der Waals surface area contributed by atoms with E-state index in [2.05, 4.69) is 4.99 Å². The zero-order chi connectivity index (χ0) is 15.9. The summed E-state index contributed by atoms with van der Waals surface area (Å²) >= 11 is 0. The standard InChI is InChI=1S/C17H19N3O2/c1-22-14-9-5-6-12(10-14)11-15(16(21)20-17(18)19)13-7-3-2-4-8-13/h2-10,15H,11H2,1H3,(H4,18,19,20,21). The van der Waals surface area contributed by atoms with E-state index in [4.69, 9.17) is 16.2 Å². The van der Waals surface area contributed by atoms with Crippen LogP contribution in [-0.2, 0) is 11.2 Å². The molecule has 1 amide bonds. The number of hydrogen-bond donors (Lipinski definition) is 2. The van der Waals surface area contributed by atoms with Crippen molar-refractivity contribution in [3.8, 4) is 5.75 Å². The third-order valence-corrected chi connectivity index (χ3v) is 3.31. The summed E-state index contributed by atoms with van der Waals surface area (Å²) in [5.41, 5.74) is 12.5. The number of guanidine groups is 1. The van der Waals surface area contributed by atoms with Gasteiger partial charge in [-0.1, -0.05) is 42.5 Å². The SMILES string of the molecule is COc1cccc(CC(C(=O)N=C(N)N)c2ccccc2)c1. The van der Waals surface area contributed by atoms with Crippen LogP contribution in [0.3, 0.4) is 0 Å². The quantitative estimate of drug-likeness (QED) is 0.650.